The molecule has 1 fully saturated rings. The number of carbonyl (C=O) groups is 1. The van der Waals surface area contributed by atoms with Gasteiger partial charge in [0.05, 0.1) is 18.1 Å². The van der Waals surface area contributed by atoms with E-state index in [1.807, 2.05) is 5.48 Å². The third kappa shape index (κ3) is 3.44. The monoisotopic (exact) mass is 217 g/mol. The van der Waals surface area contributed by atoms with Crippen molar-refractivity contribution in [1.29, 1.82) is 0 Å². The average molecular weight is 217 g/mol. The molecule has 1 aliphatic carbocycles. The fourth-order valence-electron chi connectivity index (χ4n) is 1.97. The van der Waals surface area contributed by atoms with Gasteiger partial charge in [0.15, 0.2) is 0 Å². The van der Waals surface area contributed by atoms with Crippen molar-refractivity contribution in [2.45, 2.75) is 38.2 Å². The molecule has 0 aromatic heterocycles. The minimum Gasteiger partial charge on any atom is -0.466 e. The van der Waals surface area contributed by atoms with Gasteiger partial charge in [-0.1, -0.05) is 0 Å². The summed E-state index contributed by atoms with van der Waals surface area (Å²) in [5.74, 6) is -0.263. The van der Waals surface area contributed by atoms with E-state index in [0.29, 0.717) is 32.3 Å². The SMILES string of the molecule is CCOC(=O)C1CCC(O)(CNO)CC1. The quantitative estimate of drug-likeness (QED) is 0.470. The van der Waals surface area contributed by atoms with Crippen molar-refractivity contribution in [3.05, 3.63) is 0 Å². The van der Waals surface area contributed by atoms with Gasteiger partial charge in [0.2, 0.25) is 0 Å². The minimum atomic E-state index is -0.877. The second-order valence-electron chi connectivity index (χ2n) is 4.09. The van der Waals surface area contributed by atoms with E-state index >= 15 is 0 Å². The van der Waals surface area contributed by atoms with E-state index in [2.05, 4.69) is 0 Å². The summed E-state index contributed by atoms with van der Waals surface area (Å²) in [4.78, 5) is 11.4. The van der Waals surface area contributed by atoms with E-state index in [1.54, 1.807) is 6.92 Å². The highest BCUT2D eigenvalue weighted by atomic mass is 16.5. The molecule has 0 aromatic carbocycles. The van der Waals surface area contributed by atoms with Crippen molar-refractivity contribution in [2.75, 3.05) is 13.2 Å². The van der Waals surface area contributed by atoms with Crippen molar-refractivity contribution in [3.8, 4) is 0 Å². The molecule has 1 rings (SSSR count). The molecule has 0 radical (unpaired) electrons. The highest BCUT2D eigenvalue weighted by Crippen LogP contribution is 2.32. The van der Waals surface area contributed by atoms with Crippen LogP contribution in [-0.4, -0.2) is 35.0 Å². The van der Waals surface area contributed by atoms with E-state index in [-0.39, 0.29) is 18.4 Å². The Morgan fingerprint density at radius 1 is 1.53 bits per heavy atom. The standard InChI is InChI=1S/C10H19NO4/c1-2-15-9(12)8-3-5-10(13,6-4-8)7-11-14/h8,11,13-14H,2-7H2,1H3. The van der Waals surface area contributed by atoms with Gasteiger partial charge in [0.1, 0.15) is 0 Å². The van der Waals surface area contributed by atoms with Gasteiger partial charge in [0.25, 0.3) is 0 Å². The maximum Gasteiger partial charge on any atom is 0.308 e. The van der Waals surface area contributed by atoms with Crippen LogP contribution in [0.5, 0.6) is 0 Å². The summed E-state index contributed by atoms with van der Waals surface area (Å²) in [5.41, 5.74) is 1.10. The number of nitrogens with one attached hydrogen (secondary N) is 1. The van der Waals surface area contributed by atoms with Gasteiger partial charge in [-0.25, -0.2) is 5.48 Å². The second-order valence-corrected chi connectivity index (χ2v) is 4.09. The van der Waals surface area contributed by atoms with Gasteiger partial charge >= 0.3 is 5.97 Å². The van der Waals surface area contributed by atoms with Crippen LogP contribution in [0.4, 0.5) is 0 Å². The first-order valence-corrected chi connectivity index (χ1v) is 5.37. The van der Waals surface area contributed by atoms with Crippen molar-refractivity contribution in [1.82, 2.24) is 5.48 Å². The molecule has 0 amide bonds. The first-order valence-electron chi connectivity index (χ1n) is 5.37. The molecule has 0 heterocycles. The molecule has 5 nitrogen and oxygen atoms in total. The molecule has 0 saturated heterocycles. The molecule has 88 valence electrons. The molecular weight excluding hydrogens is 198 g/mol. The lowest BCUT2D eigenvalue weighted by atomic mass is 9.79. The molecular formula is C10H19NO4. The maximum absolute atomic E-state index is 11.4. The average Bonchev–Trinajstić information content (AvgIpc) is 2.19. The van der Waals surface area contributed by atoms with Crippen molar-refractivity contribution in [3.63, 3.8) is 0 Å². The van der Waals surface area contributed by atoms with Gasteiger partial charge in [-0.2, -0.15) is 0 Å². The van der Waals surface area contributed by atoms with Crippen molar-refractivity contribution in [2.24, 2.45) is 5.92 Å². The Morgan fingerprint density at radius 3 is 2.60 bits per heavy atom. The van der Waals surface area contributed by atoms with Gasteiger partial charge in [0, 0.05) is 6.54 Å². The van der Waals surface area contributed by atoms with Crippen LogP contribution in [0.1, 0.15) is 32.6 Å². The van der Waals surface area contributed by atoms with Crippen LogP contribution in [0.2, 0.25) is 0 Å². The zero-order valence-corrected chi connectivity index (χ0v) is 9.03. The van der Waals surface area contributed by atoms with Crippen molar-refractivity contribution < 1.29 is 19.8 Å². The molecule has 0 aromatic rings. The smallest absolute Gasteiger partial charge is 0.308 e. The van der Waals surface area contributed by atoms with Crippen LogP contribution in [0, 0.1) is 5.92 Å². The number of carbonyl (C=O) groups excluding carboxylic acids is 1. The Kier molecular flexibility index (Phi) is 4.50. The third-order valence-electron chi connectivity index (χ3n) is 2.94. The Hall–Kier alpha value is -0.650. The lowest BCUT2D eigenvalue weighted by Gasteiger charge is -2.34. The van der Waals surface area contributed by atoms with E-state index in [1.165, 1.54) is 0 Å². The molecule has 0 aliphatic heterocycles. The van der Waals surface area contributed by atoms with Crippen LogP contribution in [0.25, 0.3) is 0 Å². The van der Waals surface area contributed by atoms with Crippen LogP contribution < -0.4 is 5.48 Å². The predicted molar refractivity (Wildman–Crippen MR) is 53.3 cm³/mol. The topological polar surface area (TPSA) is 78.8 Å². The van der Waals surface area contributed by atoms with Gasteiger partial charge in [-0.3, -0.25) is 4.79 Å². The summed E-state index contributed by atoms with van der Waals surface area (Å²) in [7, 11) is 0. The Morgan fingerprint density at radius 2 is 2.13 bits per heavy atom. The number of hydrogen-bond acceptors (Lipinski definition) is 5. The molecule has 0 bridgehead atoms. The Balaban J connectivity index is 2.38. The number of hydrogen-bond donors (Lipinski definition) is 3. The summed E-state index contributed by atoms with van der Waals surface area (Å²) < 4.78 is 4.92. The van der Waals surface area contributed by atoms with Crippen molar-refractivity contribution >= 4 is 5.97 Å². The summed E-state index contributed by atoms with van der Waals surface area (Å²) in [5, 5.41) is 18.5. The molecule has 1 saturated carbocycles. The highest BCUT2D eigenvalue weighted by molar-refractivity contribution is 5.72. The molecule has 0 unspecified atom stereocenters. The Labute approximate surface area is 89.4 Å². The van der Waals surface area contributed by atoms with E-state index in [0.717, 1.165) is 0 Å². The molecule has 5 heteroatoms. The predicted octanol–water partition coefficient (Wildman–Crippen LogP) is 0.450. The number of ether oxygens (including phenoxy) is 1. The summed E-state index contributed by atoms with van der Waals surface area (Å²) in [6.07, 6.45) is 2.28. The zero-order valence-electron chi connectivity index (χ0n) is 9.03. The van der Waals surface area contributed by atoms with Gasteiger partial charge in [-0.15, -0.1) is 0 Å². The number of esters is 1. The number of aliphatic hydroxyl groups is 1. The molecule has 1 aliphatic rings. The van der Waals surface area contributed by atoms with E-state index in [4.69, 9.17) is 9.94 Å². The lowest BCUT2D eigenvalue weighted by molar-refractivity contribution is -0.151. The van der Waals surface area contributed by atoms with Gasteiger partial charge in [-0.05, 0) is 32.6 Å². The fraction of sp³-hybridized carbons (Fsp3) is 0.900. The number of rotatable bonds is 4. The van der Waals surface area contributed by atoms with Crippen LogP contribution in [0.15, 0.2) is 0 Å². The summed E-state index contributed by atoms with van der Waals surface area (Å²) in [6, 6.07) is 0. The van der Waals surface area contributed by atoms with Gasteiger partial charge < -0.3 is 15.1 Å². The largest absolute Gasteiger partial charge is 0.466 e. The van der Waals surface area contributed by atoms with E-state index < -0.39 is 5.60 Å². The van der Waals surface area contributed by atoms with Crippen LogP contribution >= 0.6 is 0 Å². The molecule has 3 N–H and O–H groups in total. The molecule has 0 atom stereocenters. The third-order valence-corrected chi connectivity index (χ3v) is 2.94. The normalized spacial score (nSPS) is 31.3. The van der Waals surface area contributed by atoms with Crippen LogP contribution in [-0.2, 0) is 9.53 Å². The van der Waals surface area contributed by atoms with Crippen LogP contribution in [0.3, 0.4) is 0 Å². The number of hydroxylamine groups is 1. The first kappa shape index (κ1) is 12.4. The fourth-order valence-corrected chi connectivity index (χ4v) is 1.97. The highest BCUT2D eigenvalue weighted by Gasteiger charge is 2.35. The second kappa shape index (κ2) is 5.44. The zero-order chi connectivity index (χ0) is 11.3. The van der Waals surface area contributed by atoms with E-state index in [9.17, 15) is 9.90 Å². The summed E-state index contributed by atoms with van der Waals surface area (Å²) >= 11 is 0. The first-order chi connectivity index (χ1) is 7.11. The minimum absolute atomic E-state index is 0.0936. The lowest BCUT2D eigenvalue weighted by Crippen LogP contribution is -2.43. The molecule has 0 spiro atoms. The molecule has 15 heavy (non-hydrogen) atoms. The Bertz CT molecular complexity index is 211. The summed E-state index contributed by atoms with van der Waals surface area (Å²) in [6.45, 7) is 2.34. The maximum atomic E-state index is 11.4.